The van der Waals surface area contributed by atoms with Crippen molar-refractivity contribution in [3.8, 4) is 0 Å². The van der Waals surface area contributed by atoms with E-state index in [1.165, 1.54) is 12.8 Å². The molecule has 0 radical (unpaired) electrons. The molecule has 0 bridgehead atoms. The molecule has 1 aliphatic carbocycles. The predicted molar refractivity (Wildman–Crippen MR) is 85.6 cm³/mol. The number of rotatable bonds is 4. The number of anilines is 1. The molecule has 3 rings (SSSR count). The van der Waals surface area contributed by atoms with Crippen LogP contribution in [0.3, 0.4) is 0 Å². The number of aromatic nitrogens is 1. The van der Waals surface area contributed by atoms with Gasteiger partial charge in [0.05, 0.1) is 0 Å². The summed E-state index contributed by atoms with van der Waals surface area (Å²) in [5, 5.41) is 14.5. The van der Waals surface area contributed by atoms with Gasteiger partial charge >= 0.3 is 0 Å². The van der Waals surface area contributed by atoms with Crippen molar-refractivity contribution in [2.24, 2.45) is 11.8 Å². The summed E-state index contributed by atoms with van der Waals surface area (Å²) in [6.07, 6.45) is 4.71. The fourth-order valence-corrected chi connectivity index (χ4v) is 3.34. The smallest absolute Gasteiger partial charge is 0.257 e. The number of fused-ring (bicyclic) bond motifs is 1. The first-order valence-corrected chi connectivity index (χ1v) is 7.74. The maximum Gasteiger partial charge on any atom is 0.257 e. The Kier molecular flexibility index (Phi) is 4.25. The van der Waals surface area contributed by atoms with Crippen LogP contribution >= 0.6 is 0 Å². The van der Waals surface area contributed by atoms with Gasteiger partial charge in [0.25, 0.3) is 5.56 Å². The summed E-state index contributed by atoms with van der Waals surface area (Å²) in [7, 11) is 0. The van der Waals surface area contributed by atoms with E-state index in [2.05, 4.69) is 10.3 Å². The van der Waals surface area contributed by atoms with Crippen molar-refractivity contribution < 1.29 is 5.11 Å². The molecule has 112 valence electrons. The van der Waals surface area contributed by atoms with Gasteiger partial charge in [-0.2, -0.15) is 0 Å². The average Bonchev–Trinajstić information content (AvgIpc) is 2.53. The van der Waals surface area contributed by atoms with E-state index < -0.39 is 0 Å². The predicted octanol–water partition coefficient (Wildman–Crippen LogP) is 2.74. The maximum atomic E-state index is 12.0. The molecule has 21 heavy (non-hydrogen) atoms. The van der Waals surface area contributed by atoms with Crippen molar-refractivity contribution in [1.29, 1.82) is 0 Å². The van der Waals surface area contributed by atoms with Crippen LogP contribution in [0.25, 0.3) is 10.8 Å². The lowest BCUT2D eigenvalue weighted by molar-refractivity contribution is 0.141. The van der Waals surface area contributed by atoms with Crippen LogP contribution in [0.5, 0.6) is 0 Å². The van der Waals surface area contributed by atoms with Crippen molar-refractivity contribution in [3.05, 3.63) is 40.7 Å². The molecule has 2 aromatic rings. The SMILES string of the molecule is O=c1[nH]c(NCC2CCCCC2CO)cc2ccccc12. The van der Waals surface area contributed by atoms with E-state index in [4.69, 9.17) is 0 Å². The Labute approximate surface area is 124 Å². The minimum Gasteiger partial charge on any atom is -0.396 e. The number of aliphatic hydroxyl groups excluding tert-OH is 1. The van der Waals surface area contributed by atoms with Crippen molar-refractivity contribution in [2.75, 3.05) is 18.5 Å². The molecule has 4 nitrogen and oxygen atoms in total. The molecule has 0 saturated heterocycles. The van der Waals surface area contributed by atoms with Crippen LogP contribution < -0.4 is 10.9 Å². The average molecular weight is 286 g/mol. The molecule has 4 heteroatoms. The van der Waals surface area contributed by atoms with Crippen LogP contribution in [0.15, 0.2) is 35.1 Å². The van der Waals surface area contributed by atoms with Gasteiger partial charge in [0.1, 0.15) is 5.82 Å². The van der Waals surface area contributed by atoms with Crippen LogP contribution in [0.4, 0.5) is 5.82 Å². The van der Waals surface area contributed by atoms with Crippen LogP contribution in [-0.4, -0.2) is 23.2 Å². The van der Waals surface area contributed by atoms with Gasteiger partial charge < -0.3 is 15.4 Å². The summed E-state index contributed by atoms with van der Waals surface area (Å²) in [5.41, 5.74) is -0.0575. The highest BCUT2D eigenvalue weighted by molar-refractivity contribution is 5.83. The first-order chi connectivity index (χ1) is 10.3. The van der Waals surface area contributed by atoms with Gasteiger partial charge in [0, 0.05) is 18.5 Å². The third-order valence-corrected chi connectivity index (χ3v) is 4.61. The van der Waals surface area contributed by atoms with E-state index in [0.717, 1.165) is 30.6 Å². The first-order valence-electron chi connectivity index (χ1n) is 7.74. The second-order valence-electron chi connectivity index (χ2n) is 5.97. The van der Waals surface area contributed by atoms with E-state index in [0.29, 0.717) is 17.2 Å². The van der Waals surface area contributed by atoms with Crippen LogP contribution in [0.2, 0.25) is 0 Å². The van der Waals surface area contributed by atoms with E-state index in [1.54, 1.807) is 0 Å². The zero-order chi connectivity index (χ0) is 14.7. The standard InChI is InChI=1S/C17H22N2O2/c20-11-14-7-2-1-6-13(14)10-18-16-9-12-5-3-4-8-15(12)17(21)19-16/h3-5,8-9,13-14,20H,1-2,6-7,10-11H2,(H2,18,19,21). The van der Waals surface area contributed by atoms with Crippen LogP contribution in [0.1, 0.15) is 25.7 Å². The Balaban J connectivity index is 1.74. The van der Waals surface area contributed by atoms with E-state index >= 15 is 0 Å². The van der Waals surface area contributed by atoms with Crippen LogP contribution in [0, 0.1) is 11.8 Å². The minimum atomic E-state index is -0.0575. The van der Waals surface area contributed by atoms with Crippen molar-refractivity contribution in [2.45, 2.75) is 25.7 Å². The second-order valence-corrected chi connectivity index (χ2v) is 5.97. The molecule has 2 atom stereocenters. The lowest BCUT2D eigenvalue weighted by Gasteiger charge is -2.30. The number of aliphatic hydroxyl groups is 1. The van der Waals surface area contributed by atoms with E-state index in [9.17, 15) is 9.90 Å². The number of pyridine rings is 1. The topological polar surface area (TPSA) is 65.1 Å². The summed E-state index contributed by atoms with van der Waals surface area (Å²) in [6.45, 7) is 1.07. The Morgan fingerprint density at radius 3 is 2.76 bits per heavy atom. The molecule has 1 aromatic carbocycles. The van der Waals surface area contributed by atoms with Gasteiger partial charge in [-0.3, -0.25) is 4.79 Å². The molecule has 3 N–H and O–H groups in total. The molecule has 1 aliphatic rings. The summed E-state index contributed by atoms with van der Waals surface area (Å²) < 4.78 is 0. The summed E-state index contributed by atoms with van der Waals surface area (Å²) in [5.74, 6) is 1.64. The van der Waals surface area contributed by atoms with Crippen LogP contribution in [-0.2, 0) is 0 Å². The van der Waals surface area contributed by atoms with Gasteiger partial charge in [-0.25, -0.2) is 0 Å². The molecule has 0 spiro atoms. The third-order valence-electron chi connectivity index (χ3n) is 4.61. The van der Waals surface area contributed by atoms with Gasteiger partial charge in [-0.1, -0.05) is 31.0 Å². The number of benzene rings is 1. The molecule has 2 unspecified atom stereocenters. The summed E-state index contributed by atoms with van der Waals surface area (Å²) >= 11 is 0. The molecule has 0 amide bonds. The fourth-order valence-electron chi connectivity index (χ4n) is 3.34. The molecule has 1 saturated carbocycles. The Bertz CT molecular complexity index is 665. The second kappa shape index (κ2) is 6.31. The highest BCUT2D eigenvalue weighted by Crippen LogP contribution is 2.29. The number of hydrogen-bond donors (Lipinski definition) is 3. The Morgan fingerprint density at radius 2 is 1.95 bits per heavy atom. The zero-order valence-corrected chi connectivity index (χ0v) is 12.1. The van der Waals surface area contributed by atoms with Crippen molar-refractivity contribution in [1.82, 2.24) is 4.98 Å². The van der Waals surface area contributed by atoms with Gasteiger partial charge in [-0.15, -0.1) is 0 Å². The Morgan fingerprint density at radius 1 is 1.19 bits per heavy atom. The number of nitrogens with one attached hydrogen (secondary N) is 2. The molecular formula is C17H22N2O2. The minimum absolute atomic E-state index is 0.0575. The maximum absolute atomic E-state index is 12.0. The number of H-pyrrole nitrogens is 1. The largest absolute Gasteiger partial charge is 0.396 e. The molecule has 1 aromatic heterocycles. The number of hydrogen-bond acceptors (Lipinski definition) is 3. The first kappa shape index (κ1) is 14.1. The normalized spacial score (nSPS) is 22.3. The van der Waals surface area contributed by atoms with Gasteiger partial charge in [0.2, 0.25) is 0 Å². The van der Waals surface area contributed by atoms with Gasteiger partial charge in [-0.05, 0) is 42.2 Å². The fraction of sp³-hybridized carbons (Fsp3) is 0.471. The number of aromatic amines is 1. The third kappa shape index (κ3) is 3.10. The molecular weight excluding hydrogens is 264 g/mol. The lowest BCUT2D eigenvalue weighted by atomic mass is 9.79. The molecule has 1 fully saturated rings. The van der Waals surface area contributed by atoms with E-state index in [1.807, 2.05) is 30.3 Å². The van der Waals surface area contributed by atoms with Crippen molar-refractivity contribution >= 4 is 16.6 Å². The molecule has 1 heterocycles. The highest BCUT2D eigenvalue weighted by atomic mass is 16.3. The zero-order valence-electron chi connectivity index (χ0n) is 12.1. The monoisotopic (exact) mass is 286 g/mol. The highest BCUT2D eigenvalue weighted by Gasteiger charge is 2.24. The quantitative estimate of drug-likeness (QED) is 0.809. The molecule has 0 aliphatic heterocycles. The lowest BCUT2D eigenvalue weighted by Crippen LogP contribution is -2.29. The van der Waals surface area contributed by atoms with Crippen molar-refractivity contribution in [3.63, 3.8) is 0 Å². The summed E-state index contributed by atoms with van der Waals surface area (Å²) in [4.78, 5) is 14.9. The van der Waals surface area contributed by atoms with Gasteiger partial charge in [0.15, 0.2) is 0 Å². The van der Waals surface area contributed by atoms with E-state index in [-0.39, 0.29) is 12.2 Å². The Hall–Kier alpha value is -1.81. The summed E-state index contributed by atoms with van der Waals surface area (Å²) in [6, 6.07) is 9.58.